The lowest BCUT2D eigenvalue weighted by Crippen LogP contribution is -2.10. The summed E-state index contributed by atoms with van der Waals surface area (Å²) in [6, 6.07) is 1.42. The van der Waals surface area contributed by atoms with Gasteiger partial charge in [-0.15, -0.1) is 0 Å². The second kappa shape index (κ2) is 5.28. The number of rotatable bonds is 5. The first kappa shape index (κ1) is 11.6. The van der Waals surface area contributed by atoms with Crippen LogP contribution >= 0.6 is 7.60 Å². The first-order chi connectivity index (χ1) is 5.60. The molecule has 0 aromatic rings. The van der Waals surface area contributed by atoms with Crippen LogP contribution in [0.4, 0.5) is 0 Å². The van der Waals surface area contributed by atoms with E-state index in [1.807, 2.05) is 0 Å². The van der Waals surface area contributed by atoms with Crippen molar-refractivity contribution in [2.24, 2.45) is 0 Å². The summed E-state index contributed by atoms with van der Waals surface area (Å²) in [7, 11) is -3.62. The zero-order chi connectivity index (χ0) is 9.61. The average Bonchev–Trinajstić information content (AvgIpc) is 2.04. The molecule has 0 aliphatic carbocycles. The Hall–Kier alpha value is -0.400. The van der Waals surface area contributed by atoms with E-state index in [0.29, 0.717) is 0 Å². The summed E-state index contributed by atoms with van der Waals surface area (Å²) in [4.78, 5) is 0. The molecular formula is C6H12NO4P. The van der Waals surface area contributed by atoms with Crippen molar-refractivity contribution in [1.29, 1.82) is 5.26 Å². The molecule has 0 aliphatic heterocycles. The van der Waals surface area contributed by atoms with Crippen LogP contribution in [0, 0.1) is 11.3 Å². The average molecular weight is 193 g/mol. The molecule has 5 nitrogen and oxygen atoms in total. The molecule has 0 fully saturated rings. The van der Waals surface area contributed by atoms with Gasteiger partial charge in [0.1, 0.15) is 6.07 Å². The summed E-state index contributed by atoms with van der Waals surface area (Å²) >= 11 is 0. The predicted molar refractivity (Wildman–Crippen MR) is 42.5 cm³/mol. The van der Waals surface area contributed by atoms with Gasteiger partial charge in [0.05, 0.1) is 13.2 Å². The van der Waals surface area contributed by atoms with Crippen molar-refractivity contribution in [3.63, 3.8) is 0 Å². The van der Waals surface area contributed by atoms with Gasteiger partial charge >= 0.3 is 7.60 Å². The summed E-state index contributed by atoms with van der Waals surface area (Å²) in [6.07, 6.45) is 0. The SMILES string of the molecule is CCOP(=O)(OCC)[C@H](O)C#N. The van der Waals surface area contributed by atoms with Gasteiger partial charge in [-0.3, -0.25) is 4.57 Å². The van der Waals surface area contributed by atoms with Crippen molar-refractivity contribution in [3.8, 4) is 6.07 Å². The molecule has 0 spiro atoms. The maximum Gasteiger partial charge on any atom is 0.373 e. The van der Waals surface area contributed by atoms with E-state index >= 15 is 0 Å². The van der Waals surface area contributed by atoms with Crippen molar-refractivity contribution < 1.29 is 18.7 Å². The molecular weight excluding hydrogens is 181 g/mol. The molecule has 0 aliphatic rings. The maximum atomic E-state index is 11.4. The third-order valence-electron chi connectivity index (χ3n) is 1.03. The summed E-state index contributed by atoms with van der Waals surface area (Å²) < 4.78 is 20.8. The highest BCUT2D eigenvalue weighted by Gasteiger charge is 2.33. The number of aliphatic hydroxyl groups excluding tert-OH is 1. The first-order valence-electron chi connectivity index (χ1n) is 3.57. The van der Waals surface area contributed by atoms with Crippen LogP contribution in [0.25, 0.3) is 0 Å². The molecule has 0 saturated heterocycles. The molecule has 0 amide bonds. The summed E-state index contributed by atoms with van der Waals surface area (Å²) in [5.41, 5.74) is 0. The Balaban J connectivity index is 4.40. The monoisotopic (exact) mass is 193 g/mol. The van der Waals surface area contributed by atoms with E-state index in [-0.39, 0.29) is 13.2 Å². The number of hydrogen-bond acceptors (Lipinski definition) is 5. The van der Waals surface area contributed by atoms with Crippen molar-refractivity contribution in [2.45, 2.75) is 19.7 Å². The van der Waals surface area contributed by atoms with Crippen LogP contribution in [-0.2, 0) is 13.6 Å². The van der Waals surface area contributed by atoms with Gasteiger partial charge in [-0.2, -0.15) is 5.26 Å². The lowest BCUT2D eigenvalue weighted by Gasteiger charge is -2.17. The minimum Gasteiger partial charge on any atom is -0.368 e. The molecule has 0 unspecified atom stereocenters. The van der Waals surface area contributed by atoms with Crippen LogP contribution in [0.1, 0.15) is 13.8 Å². The molecule has 0 rings (SSSR count). The van der Waals surface area contributed by atoms with E-state index in [0.717, 1.165) is 0 Å². The Morgan fingerprint density at radius 1 is 1.50 bits per heavy atom. The van der Waals surface area contributed by atoms with E-state index in [4.69, 9.17) is 10.4 Å². The normalized spacial score (nSPS) is 13.8. The van der Waals surface area contributed by atoms with Gasteiger partial charge in [-0.1, -0.05) is 0 Å². The predicted octanol–water partition coefficient (Wildman–Crippen LogP) is 1.09. The van der Waals surface area contributed by atoms with Crippen molar-refractivity contribution in [1.82, 2.24) is 0 Å². The fourth-order valence-corrected chi connectivity index (χ4v) is 1.83. The fraction of sp³-hybridized carbons (Fsp3) is 0.833. The molecule has 0 aromatic heterocycles. The van der Waals surface area contributed by atoms with E-state index < -0.39 is 13.4 Å². The molecule has 0 saturated carbocycles. The van der Waals surface area contributed by atoms with Crippen LogP contribution in [0.15, 0.2) is 0 Å². The Labute approximate surface area is 71.4 Å². The highest BCUT2D eigenvalue weighted by Crippen LogP contribution is 2.51. The van der Waals surface area contributed by atoms with Crippen molar-refractivity contribution in [2.75, 3.05) is 13.2 Å². The second-order valence-corrected chi connectivity index (χ2v) is 3.96. The van der Waals surface area contributed by atoms with Gasteiger partial charge in [-0.25, -0.2) is 0 Å². The Kier molecular flexibility index (Phi) is 5.11. The summed E-state index contributed by atoms with van der Waals surface area (Å²) in [6.45, 7) is 3.48. The maximum absolute atomic E-state index is 11.4. The minimum absolute atomic E-state index is 0.135. The third-order valence-corrected chi connectivity index (χ3v) is 2.98. The summed E-state index contributed by atoms with van der Waals surface area (Å²) in [5.74, 6) is -1.70. The third kappa shape index (κ3) is 2.92. The Bertz CT molecular complexity index is 202. The zero-order valence-corrected chi connectivity index (χ0v) is 7.95. The van der Waals surface area contributed by atoms with Crippen LogP contribution in [0.5, 0.6) is 0 Å². The Morgan fingerprint density at radius 2 is 1.92 bits per heavy atom. The van der Waals surface area contributed by atoms with Gasteiger partial charge in [0, 0.05) is 0 Å². The van der Waals surface area contributed by atoms with Gasteiger partial charge in [-0.05, 0) is 13.8 Å². The van der Waals surface area contributed by atoms with Gasteiger partial charge in [0.25, 0.3) is 0 Å². The molecule has 1 N–H and O–H groups in total. The molecule has 0 radical (unpaired) electrons. The van der Waals surface area contributed by atoms with E-state index in [1.54, 1.807) is 13.8 Å². The van der Waals surface area contributed by atoms with Gasteiger partial charge in [0.2, 0.25) is 5.85 Å². The second-order valence-electron chi connectivity index (χ2n) is 1.88. The first-order valence-corrected chi connectivity index (χ1v) is 5.18. The lowest BCUT2D eigenvalue weighted by atomic mass is 10.8. The largest absolute Gasteiger partial charge is 0.373 e. The molecule has 1 atom stereocenters. The fourth-order valence-electron chi connectivity index (χ4n) is 0.609. The lowest BCUT2D eigenvalue weighted by molar-refractivity contribution is 0.171. The van der Waals surface area contributed by atoms with Crippen LogP contribution in [-0.4, -0.2) is 24.2 Å². The molecule has 12 heavy (non-hydrogen) atoms. The van der Waals surface area contributed by atoms with E-state index in [2.05, 4.69) is 9.05 Å². The van der Waals surface area contributed by atoms with E-state index in [9.17, 15) is 4.57 Å². The van der Waals surface area contributed by atoms with Gasteiger partial charge < -0.3 is 14.2 Å². The number of nitrogens with zero attached hydrogens (tertiary/aromatic N) is 1. The smallest absolute Gasteiger partial charge is 0.368 e. The highest BCUT2D eigenvalue weighted by molar-refractivity contribution is 7.54. The zero-order valence-electron chi connectivity index (χ0n) is 7.06. The van der Waals surface area contributed by atoms with Gasteiger partial charge in [0.15, 0.2) is 0 Å². The number of aliphatic hydroxyl groups is 1. The van der Waals surface area contributed by atoms with Crippen LogP contribution < -0.4 is 0 Å². The Morgan fingerprint density at radius 3 is 2.17 bits per heavy atom. The number of nitriles is 1. The standard InChI is InChI=1S/C6H12NO4P/c1-3-10-12(9,11-4-2)6(8)5-7/h6,8H,3-4H2,1-2H3/t6-/m0/s1. The highest BCUT2D eigenvalue weighted by atomic mass is 31.2. The number of hydrogen-bond donors (Lipinski definition) is 1. The van der Waals surface area contributed by atoms with Crippen molar-refractivity contribution >= 4 is 7.60 Å². The topological polar surface area (TPSA) is 79.6 Å². The quantitative estimate of drug-likeness (QED) is 0.522. The van der Waals surface area contributed by atoms with E-state index in [1.165, 1.54) is 6.07 Å². The molecule has 0 aromatic carbocycles. The minimum atomic E-state index is -3.62. The van der Waals surface area contributed by atoms with Crippen LogP contribution in [0.2, 0.25) is 0 Å². The molecule has 0 heterocycles. The molecule has 70 valence electrons. The summed E-state index contributed by atoms with van der Waals surface area (Å²) in [5, 5.41) is 17.3. The molecule has 6 heteroatoms. The van der Waals surface area contributed by atoms with Crippen LogP contribution in [0.3, 0.4) is 0 Å². The van der Waals surface area contributed by atoms with Crippen molar-refractivity contribution in [3.05, 3.63) is 0 Å². The molecule has 0 bridgehead atoms.